The highest BCUT2D eigenvalue weighted by Crippen LogP contribution is 2.38. The molecule has 0 radical (unpaired) electrons. The molecule has 0 amide bonds. The molecule has 2 aromatic carbocycles. The van der Waals surface area contributed by atoms with Crippen LogP contribution in [0.5, 0.6) is 0 Å². The molecule has 0 aliphatic carbocycles. The zero-order chi connectivity index (χ0) is 21.6. The second-order valence-corrected chi connectivity index (χ2v) is 8.00. The minimum atomic E-state index is -5.08. The van der Waals surface area contributed by atoms with Crippen LogP contribution in [0.2, 0.25) is 0 Å². The van der Waals surface area contributed by atoms with Gasteiger partial charge in [-0.25, -0.2) is 9.18 Å². The lowest BCUT2D eigenvalue weighted by Gasteiger charge is -2.25. The van der Waals surface area contributed by atoms with E-state index in [4.69, 9.17) is 9.90 Å². The van der Waals surface area contributed by atoms with Crippen molar-refractivity contribution in [1.29, 1.82) is 0 Å². The monoisotopic (exact) mass is 429 g/mol. The molecule has 0 unspecified atom stereocenters. The van der Waals surface area contributed by atoms with Gasteiger partial charge in [-0.1, -0.05) is 35.5 Å². The van der Waals surface area contributed by atoms with Gasteiger partial charge in [0.1, 0.15) is 5.82 Å². The molecule has 0 spiro atoms. The molecule has 2 N–H and O–H groups in total. The van der Waals surface area contributed by atoms with Gasteiger partial charge in [-0.15, -0.1) is 0 Å². The highest BCUT2D eigenvalue weighted by molar-refractivity contribution is 7.99. The number of aliphatic carboxylic acids is 1. The van der Waals surface area contributed by atoms with Crippen molar-refractivity contribution >= 4 is 17.7 Å². The van der Waals surface area contributed by atoms with Gasteiger partial charge in [0.25, 0.3) is 0 Å². The summed E-state index contributed by atoms with van der Waals surface area (Å²) in [5.74, 6) is -2.27. The Morgan fingerprint density at radius 3 is 2.28 bits per heavy atom. The van der Waals surface area contributed by atoms with Crippen molar-refractivity contribution in [1.82, 2.24) is 5.32 Å². The molecule has 3 rings (SSSR count). The Morgan fingerprint density at radius 1 is 1.10 bits per heavy atom. The average molecular weight is 429 g/mol. The standard InChI is InChI=1S/C19H22FNS.C2HF3O2/c1-13-3-6-19(17(11-13)15-7-9-21-10-8-15)22-16-5-4-14(2)18(20)12-16;3-2(4,5)1(6)7/h3-6,11-12,15,21H,7-10H2,1-2H3;(H,6,7). The number of carboxylic acids is 1. The number of carboxylic acid groups (broad SMARTS) is 1. The van der Waals surface area contributed by atoms with Crippen LogP contribution < -0.4 is 5.32 Å². The molecule has 29 heavy (non-hydrogen) atoms. The Balaban J connectivity index is 0.000000370. The van der Waals surface area contributed by atoms with Crippen molar-refractivity contribution < 1.29 is 27.5 Å². The number of rotatable bonds is 3. The minimum Gasteiger partial charge on any atom is -0.475 e. The van der Waals surface area contributed by atoms with Crippen LogP contribution in [-0.4, -0.2) is 30.3 Å². The van der Waals surface area contributed by atoms with Crippen molar-refractivity contribution in [2.75, 3.05) is 13.1 Å². The fraction of sp³-hybridized carbons (Fsp3) is 0.381. The minimum absolute atomic E-state index is 0.125. The van der Waals surface area contributed by atoms with Crippen LogP contribution in [0.3, 0.4) is 0 Å². The summed E-state index contributed by atoms with van der Waals surface area (Å²) in [6, 6.07) is 12.2. The van der Waals surface area contributed by atoms with E-state index >= 15 is 0 Å². The number of nitrogens with one attached hydrogen (secondary N) is 1. The maximum atomic E-state index is 13.8. The summed E-state index contributed by atoms with van der Waals surface area (Å²) >= 11 is 1.68. The van der Waals surface area contributed by atoms with Gasteiger partial charge >= 0.3 is 12.1 Å². The first-order valence-electron chi connectivity index (χ1n) is 9.13. The van der Waals surface area contributed by atoms with Crippen LogP contribution in [-0.2, 0) is 4.79 Å². The van der Waals surface area contributed by atoms with E-state index in [1.165, 1.54) is 28.9 Å². The summed E-state index contributed by atoms with van der Waals surface area (Å²) in [6.07, 6.45) is -2.72. The second kappa shape index (κ2) is 10.1. The zero-order valence-corrected chi connectivity index (χ0v) is 17.0. The molecule has 0 aromatic heterocycles. The molecule has 1 saturated heterocycles. The van der Waals surface area contributed by atoms with Crippen LogP contribution >= 0.6 is 11.8 Å². The highest BCUT2D eigenvalue weighted by Gasteiger charge is 2.38. The van der Waals surface area contributed by atoms with E-state index in [-0.39, 0.29) is 5.82 Å². The predicted octanol–water partition coefficient (Wildman–Crippen LogP) is 5.69. The third-order valence-corrected chi connectivity index (χ3v) is 5.64. The van der Waals surface area contributed by atoms with Gasteiger partial charge in [0.2, 0.25) is 0 Å². The summed E-state index contributed by atoms with van der Waals surface area (Å²) in [5.41, 5.74) is 3.42. The van der Waals surface area contributed by atoms with E-state index in [2.05, 4.69) is 30.4 Å². The molecular formula is C21H23F4NO2S. The smallest absolute Gasteiger partial charge is 0.475 e. The molecule has 1 fully saturated rings. The number of benzene rings is 2. The largest absolute Gasteiger partial charge is 0.490 e. The Kier molecular flexibility index (Phi) is 8.10. The lowest BCUT2D eigenvalue weighted by atomic mass is 9.89. The summed E-state index contributed by atoms with van der Waals surface area (Å²) in [4.78, 5) is 11.1. The number of hydrogen-bond donors (Lipinski definition) is 2. The van der Waals surface area contributed by atoms with Crippen LogP contribution in [0.1, 0.15) is 35.4 Å². The summed E-state index contributed by atoms with van der Waals surface area (Å²) in [5, 5.41) is 10.6. The Hall–Kier alpha value is -2.06. The number of hydrogen-bond acceptors (Lipinski definition) is 3. The number of piperidine rings is 1. The average Bonchev–Trinajstić information content (AvgIpc) is 2.66. The van der Waals surface area contributed by atoms with Gasteiger partial charge in [0.05, 0.1) is 0 Å². The topological polar surface area (TPSA) is 49.3 Å². The van der Waals surface area contributed by atoms with Crippen LogP contribution in [0.25, 0.3) is 0 Å². The van der Waals surface area contributed by atoms with Crippen molar-refractivity contribution in [3.63, 3.8) is 0 Å². The summed E-state index contributed by atoms with van der Waals surface area (Å²) in [7, 11) is 0. The van der Waals surface area contributed by atoms with E-state index in [0.717, 1.165) is 18.0 Å². The fourth-order valence-corrected chi connectivity index (χ4v) is 4.01. The number of aryl methyl sites for hydroxylation is 2. The van der Waals surface area contributed by atoms with Gasteiger partial charge < -0.3 is 10.4 Å². The quantitative estimate of drug-likeness (QED) is 0.615. The maximum absolute atomic E-state index is 13.8. The van der Waals surface area contributed by atoms with E-state index < -0.39 is 12.1 Å². The third kappa shape index (κ3) is 7.04. The molecule has 0 saturated carbocycles. The van der Waals surface area contributed by atoms with E-state index in [9.17, 15) is 17.6 Å². The van der Waals surface area contributed by atoms with E-state index in [1.807, 2.05) is 12.1 Å². The van der Waals surface area contributed by atoms with Gasteiger partial charge in [-0.05, 0) is 75.0 Å². The molecule has 3 nitrogen and oxygen atoms in total. The normalized spacial score (nSPS) is 14.8. The second-order valence-electron chi connectivity index (χ2n) is 6.88. The van der Waals surface area contributed by atoms with Gasteiger partial charge in [-0.2, -0.15) is 13.2 Å². The molecule has 158 valence electrons. The molecular weight excluding hydrogens is 406 g/mol. The SMILES string of the molecule is Cc1ccc(Sc2ccc(C)c(F)c2)c(C2CCNCC2)c1.O=C(O)C(F)(F)F. The fourth-order valence-electron chi connectivity index (χ4n) is 2.98. The lowest BCUT2D eigenvalue weighted by Crippen LogP contribution is -2.26. The zero-order valence-electron chi connectivity index (χ0n) is 16.1. The van der Waals surface area contributed by atoms with Crippen molar-refractivity contribution in [2.24, 2.45) is 0 Å². The van der Waals surface area contributed by atoms with Crippen LogP contribution in [0, 0.1) is 19.7 Å². The maximum Gasteiger partial charge on any atom is 0.490 e. The first kappa shape index (κ1) is 23.2. The van der Waals surface area contributed by atoms with Gasteiger partial charge in [0.15, 0.2) is 0 Å². The Labute approximate surface area is 171 Å². The van der Waals surface area contributed by atoms with Crippen molar-refractivity contribution in [3.8, 4) is 0 Å². The molecule has 0 atom stereocenters. The molecule has 1 aliphatic heterocycles. The Bertz CT molecular complexity index is 849. The van der Waals surface area contributed by atoms with E-state index in [1.54, 1.807) is 24.8 Å². The molecule has 0 bridgehead atoms. The molecule has 1 heterocycles. The van der Waals surface area contributed by atoms with Gasteiger partial charge in [0, 0.05) is 9.79 Å². The Morgan fingerprint density at radius 2 is 1.72 bits per heavy atom. The summed E-state index contributed by atoms with van der Waals surface area (Å²) < 4.78 is 45.5. The summed E-state index contributed by atoms with van der Waals surface area (Å²) in [6.45, 7) is 6.12. The van der Waals surface area contributed by atoms with Crippen molar-refractivity contribution in [3.05, 3.63) is 58.9 Å². The molecule has 1 aliphatic rings. The number of alkyl halides is 3. The first-order chi connectivity index (χ1) is 13.6. The van der Waals surface area contributed by atoms with Gasteiger partial charge in [-0.3, -0.25) is 0 Å². The predicted molar refractivity (Wildman–Crippen MR) is 105 cm³/mol. The molecule has 8 heteroatoms. The molecule has 2 aromatic rings. The third-order valence-electron chi connectivity index (χ3n) is 4.56. The first-order valence-corrected chi connectivity index (χ1v) is 9.95. The number of halogens is 4. The number of carbonyl (C=O) groups is 1. The van der Waals surface area contributed by atoms with Crippen LogP contribution in [0.15, 0.2) is 46.2 Å². The highest BCUT2D eigenvalue weighted by atomic mass is 32.2. The van der Waals surface area contributed by atoms with Crippen molar-refractivity contribution in [2.45, 2.75) is 48.6 Å². The van der Waals surface area contributed by atoms with E-state index in [0.29, 0.717) is 11.5 Å². The van der Waals surface area contributed by atoms with Crippen LogP contribution in [0.4, 0.5) is 17.6 Å². The lowest BCUT2D eigenvalue weighted by molar-refractivity contribution is -0.192.